The summed E-state index contributed by atoms with van der Waals surface area (Å²) in [4.78, 5) is 0. The lowest BCUT2D eigenvalue weighted by molar-refractivity contribution is 0.279. The lowest BCUT2D eigenvalue weighted by Gasteiger charge is -2.15. The van der Waals surface area contributed by atoms with Crippen molar-refractivity contribution < 1.29 is 5.11 Å². The first-order valence-electron chi connectivity index (χ1n) is 4.56. The molecule has 2 N–H and O–H groups in total. The molecule has 0 heterocycles. The van der Waals surface area contributed by atoms with E-state index in [0.29, 0.717) is 6.04 Å². The highest BCUT2D eigenvalue weighted by Gasteiger charge is 2.07. The molecule has 0 aliphatic rings. The Bertz CT molecular complexity index is 283. The van der Waals surface area contributed by atoms with Crippen LogP contribution in [-0.2, 0) is 6.61 Å². The Hall–Kier alpha value is -0.860. The predicted molar refractivity (Wildman–Crippen MR) is 54.6 cm³/mol. The van der Waals surface area contributed by atoms with E-state index in [0.717, 1.165) is 5.56 Å². The Kier molecular flexibility index (Phi) is 3.46. The second-order valence-corrected chi connectivity index (χ2v) is 3.37. The highest BCUT2D eigenvalue weighted by atomic mass is 16.3. The van der Waals surface area contributed by atoms with Gasteiger partial charge in [0, 0.05) is 6.04 Å². The summed E-state index contributed by atoms with van der Waals surface area (Å²) in [5.41, 5.74) is 3.38. The average molecular weight is 179 g/mol. The molecule has 0 fully saturated rings. The smallest absolute Gasteiger partial charge is 0.0685 e. The minimum atomic E-state index is 0.114. The molecule has 0 bridgehead atoms. The van der Waals surface area contributed by atoms with Crippen molar-refractivity contribution in [1.29, 1.82) is 0 Å². The van der Waals surface area contributed by atoms with Gasteiger partial charge in [0.1, 0.15) is 0 Å². The summed E-state index contributed by atoms with van der Waals surface area (Å²) in [7, 11) is 1.92. The topological polar surface area (TPSA) is 32.3 Å². The van der Waals surface area contributed by atoms with Crippen LogP contribution in [0.1, 0.15) is 29.7 Å². The third-order valence-corrected chi connectivity index (χ3v) is 2.37. The summed E-state index contributed by atoms with van der Waals surface area (Å²) < 4.78 is 0. The number of benzene rings is 1. The highest BCUT2D eigenvalue weighted by molar-refractivity contribution is 5.33. The number of aryl methyl sites for hydroxylation is 1. The van der Waals surface area contributed by atoms with Crippen molar-refractivity contribution in [3.05, 3.63) is 34.9 Å². The number of nitrogens with one attached hydrogen (secondary N) is 1. The maximum Gasteiger partial charge on any atom is 0.0685 e. The maximum absolute atomic E-state index is 9.16. The van der Waals surface area contributed by atoms with Crippen LogP contribution in [0, 0.1) is 6.92 Å². The summed E-state index contributed by atoms with van der Waals surface area (Å²) in [6.45, 7) is 4.24. The normalized spacial score (nSPS) is 12.9. The summed E-state index contributed by atoms with van der Waals surface area (Å²) >= 11 is 0. The van der Waals surface area contributed by atoms with Crippen molar-refractivity contribution in [2.24, 2.45) is 0 Å². The quantitative estimate of drug-likeness (QED) is 0.741. The zero-order valence-electron chi connectivity index (χ0n) is 8.46. The van der Waals surface area contributed by atoms with Crippen molar-refractivity contribution >= 4 is 0 Å². The maximum atomic E-state index is 9.16. The van der Waals surface area contributed by atoms with Crippen LogP contribution in [-0.4, -0.2) is 12.2 Å². The molecule has 72 valence electrons. The first-order valence-corrected chi connectivity index (χ1v) is 4.56. The first-order chi connectivity index (χ1) is 6.19. The van der Waals surface area contributed by atoms with E-state index in [2.05, 4.69) is 24.4 Å². The van der Waals surface area contributed by atoms with E-state index in [9.17, 15) is 0 Å². The Morgan fingerprint density at radius 3 is 2.69 bits per heavy atom. The van der Waals surface area contributed by atoms with Gasteiger partial charge < -0.3 is 10.4 Å². The van der Waals surface area contributed by atoms with E-state index in [4.69, 9.17) is 5.11 Å². The van der Waals surface area contributed by atoms with E-state index >= 15 is 0 Å². The van der Waals surface area contributed by atoms with Crippen molar-refractivity contribution in [3.63, 3.8) is 0 Å². The lowest BCUT2D eigenvalue weighted by Crippen LogP contribution is -2.14. The number of hydrogen-bond donors (Lipinski definition) is 2. The summed E-state index contributed by atoms with van der Waals surface area (Å²) in [6.07, 6.45) is 0. The van der Waals surface area contributed by atoms with Crippen LogP contribution in [0.3, 0.4) is 0 Å². The van der Waals surface area contributed by atoms with Crippen LogP contribution in [0.25, 0.3) is 0 Å². The Morgan fingerprint density at radius 1 is 1.46 bits per heavy atom. The van der Waals surface area contributed by atoms with Crippen molar-refractivity contribution in [3.8, 4) is 0 Å². The summed E-state index contributed by atoms with van der Waals surface area (Å²) in [5, 5.41) is 12.3. The zero-order chi connectivity index (χ0) is 9.84. The second kappa shape index (κ2) is 4.40. The van der Waals surface area contributed by atoms with Crippen LogP contribution < -0.4 is 5.32 Å². The minimum absolute atomic E-state index is 0.114. The average Bonchev–Trinajstić information content (AvgIpc) is 2.16. The Labute approximate surface area is 79.6 Å². The molecule has 0 aliphatic heterocycles. The van der Waals surface area contributed by atoms with Gasteiger partial charge in [0.05, 0.1) is 6.61 Å². The molecule has 0 aromatic heterocycles. The Morgan fingerprint density at radius 2 is 2.15 bits per heavy atom. The van der Waals surface area contributed by atoms with E-state index in [1.54, 1.807) is 0 Å². The van der Waals surface area contributed by atoms with Crippen LogP contribution in [0.15, 0.2) is 18.2 Å². The molecule has 1 unspecified atom stereocenters. The molecule has 1 aromatic rings. The standard InChI is InChI=1S/C11H17NO/c1-8-4-5-11(9(2)12-3)10(6-8)7-13/h4-6,9,12-13H,7H2,1-3H3. The number of rotatable bonds is 3. The van der Waals surface area contributed by atoms with Gasteiger partial charge in [-0.2, -0.15) is 0 Å². The van der Waals surface area contributed by atoms with Crippen LogP contribution in [0.5, 0.6) is 0 Å². The van der Waals surface area contributed by atoms with Crippen LogP contribution in [0.4, 0.5) is 0 Å². The SMILES string of the molecule is CNC(C)c1ccc(C)cc1CO. The van der Waals surface area contributed by atoms with Gasteiger partial charge in [-0.05, 0) is 32.0 Å². The molecular formula is C11H17NO. The fourth-order valence-electron chi connectivity index (χ4n) is 1.45. The molecule has 13 heavy (non-hydrogen) atoms. The third kappa shape index (κ3) is 2.29. The fourth-order valence-corrected chi connectivity index (χ4v) is 1.45. The summed E-state index contributed by atoms with van der Waals surface area (Å²) in [5.74, 6) is 0. The van der Waals surface area contributed by atoms with Gasteiger partial charge in [-0.1, -0.05) is 23.8 Å². The molecule has 0 saturated heterocycles. The lowest BCUT2D eigenvalue weighted by atomic mass is 10.00. The van der Waals surface area contributed by atoms with E-state index in [1.807, 2.05) is 20.0 Å². The van der Waals surface area contributed by atoms with Gasteiger partial charge >= 0.3 is 0 Å². The van der Waals surface area contributed by atoms with Crippen molar-refractivity contribution in [2.45, 2.75) is 26.5 Å². The number of hydrogen-bond acceptors (Lipinski definition) is 2. The Balaban J connectivity index is 3.05. The molecule has 0 amide bonds. The number of aliphatic hydroxyl groups excluding tert-OH is 1. The predicted octanol–water partition coefficient (Wildman–Crippen LogP) is 1.77. The van der Waals surface area contributed by atoms with Gasteiger partial charge in [-0.3, -0.25) is 0 Å². The van der Waals surface area contributed by atoms with E-state index in [-0.39, 0.29) is 6.61 Å². The van der Waals surface area contributed by atoms with Crippen LogP contribution >= 0.6 is 0 Å². The monoisotopic (exact) mass is 179 g/mol. The molecule has 1 aromatic carbocycles. The van der Waals surface area contributed by atoms with Gasteiger partial charge in [0.2, 0.25) is 0 Å². The fraction of sp³-hybridized carbons (Fsp3) is 0.455. The molecule has 0 spiro atoms. The zero-order valence-corrected chi connectivity index (χ0v) is 8.46. The van der Waals surface area contributed by atoms with Gasteiger partial charge in [0.25, 0.3) is 0 Å². The molecule has 1 atom stereocenters. The molecule has 2 nitrogen and oxygen atoms in total. The van der Waals surface area contributed by atoms with Crippen LogP contribution in [0.2, 0.25) is 0 Å². The largest absolute Gasteiger partial charge is 0.392 e. The van der Waals surface area contributed by atoms with Gasteiger partial charge in [-0.25, -0.2) is 0 Å². The molecule has 1 rings (SSSR count). The third-order valence-electron chi connectivity index (χ3n) is 2.37. The van der Waals surface area contributed by atoms with E-state index < -0.39 is 0 Å². The molecule has 0 radical (unpaired) electrons. The van der Waals surface area contributed by atoms with E-state index in [1.165, 1.54) is 11.1 Å². The van der Waals surface area contributed by atoms with Crippen molar-refractivity contribution in [1.82, 2.24) is 5.32 Å². The minimum Gasteiger partial charge on any atom is -0.392 e. The van der Waals surface area contributed by atoms with Gasteiger partial charge in [-0.15, -0.1) is 0 Å². The summed E-state index contributed by atoms with van der Waals surface area (Å²) in [6, 6.07) is 6.47. The number of aliphatic hydroxyl groups is 1. The van der Waals surface area contributed by atoms with Gasteiger partial charge in [0.15, 0.2) is 0 Å². The first kappa shape index (κ1) is 10.2. The molecular weight excluding hydrogens is 162 g/mol. The highest BCUT2D eigenvalue weighted by Crippen LogP contribution is 2.18. The molecule has 2 heteroatoms. The second-order valence-electron chi connectivity index (χ2n) is 3.37. The molecule has 0 saturated carbocycles. The van der Waals surface area contributed by atoms with Crippen molar-refractivity contribution in [2.75, 3.05) is 7.05 Å². The molecule has 0 aliphatic carbocycles.